The molecule has 2 amide bonds. The van der Waals surface area contributed by atoms with Crippen LogP contribution >= 0.6 is 15.0 Å². The molecule has 22 nitrogen and oxygen atoms in total. The Morgan fingerprint density at radius 2 is 1.28 bits per heavy atom. The predicted molar refractivity (Wildman–Crippen MR) is 255 cm³/mol. The quantitative estimate of drug-likeness (QED) is 0.0421. The van der Waals surface area contributed by atoms with Crippen molar-refractivity contribution < 1.29 is 46.7 Å². The van der Waals surface area contributed by atoms with Gasteiger partial charge in [0.05, 0.1) is 44.2 Å². The van der Waals surface area contributed by atoms with Gasteiger partial charge in [-0.15, -0.1) is 0 Å². The lowest BCUT2D eigenvalue weighted by atomic mass is 10.2. The first-order valence-electron chi connectivity index (χ1n) is 22.3. The number of fused-ring (bicyclic) bond motifs is 2. The molecule has 0 spiro atoms. The molecule has 2 aromatic carbocycles. The fourth-order valence-corrected chi connectivity index (χ4v) is 11.9. The Balaban J connectivity index is 1.06. The SMILES string of the molecule is [C-]#[N+]CCOP(=NP(C)(C)=O)(OCC1OC(n2cnc3c(NC(=O)c4ccccc4)ncnc32)C[C@H]1OC(C)C)O[C@@H]1CC(n2cnc3c(NC(=O)c4ccccc4)ncnc32)OC1COC(C)C. The molecule has 7 atom stereocenters. The second-order valence-electron chi connectivity index (χ2n) is 17.1. The minimum Gasteiger partial charge on any atom is -0.376 e. The summed E-state index contributed by atoms with van der Waals surface area (Å²) in [6, 6.07) is 17.5. The fraction of sp³-hybridized carbons (Fsp3) is 0.444. The number of carbonyl (C=O) groups is 2. The molecule has 0 saturated carbocycles. The molecule has 6 aromatic rings. The maximum atomic E-state index is 13.8. The monoisotopic (exact) mass is 984 g/mol. The number of ether oxygens (including phenoxy) is 4. The van der Waals surface area contributed by atoms with Gasteiger partial charge in [0.15, 0.2) is 41.3 Å². The van der Waals surface area contributed by atoms with Crippen molar-refractivity contribution in [3.05, 3.63) is 109 Å². The van der Waals surface area contributed by atoms with Crippen molar-refractivity contribution in [2.45, 2.75) is 89.6 Å². The van der Waals surface area contributed by atoms with Crippen LogP contribution in [0.15, 0.2) is 90.5 Å². The van der Waals surface area contributed by atoms with Gasteiger partial charge in [0.25, 0.3) is 11.8 Å². The molecule has 364 valence electrons. The maximum Gasteiger partial charge on any atom is 0.362 e. The van der Waals surface area contributed by atoms with E-state index < -0.39 is 51.9 Å². The van der Waals surface area contributed by atoms with E-state index in [2.05, 4.69) is 49.9 Å². The molecule has 0 aliphatic carbocycles. The molecule has 69 heavy (non-hydrogen) atoms. The van der Waals surface area contributed by atoms with E-state index in [0.717, 1.165) is 0 Å². The summed E-state index contributed by atoms with van der Waals surface area (Å²) in [6.45, 7) is 17.8. The fourth-order valence-electron chi connectivity index (χ4n) is 7.76. The summed E-state index contributed by atoms with van der Waals surface area (Å²) in [5.74, 6) is -0.267. The van der Waals surface area contributed by atoms with Crippen molar-refractivity contribution in [3.63, 3.8) is 0 Å². The van der Waals surface area contributed by atoms with Crippen LogP contribution < -0.4 is 10.6 Å². The summed E-state index contributed by atoms with van der Waals surface area (Å²) < 4.78 is 67.6. The van der Waals surface area contributed by atoms with Gasteiger partial charge in [-0.05, 0) is 52.0 Å². The van der Waals surface area contributed by atoms with Crippen LogP contribution in [0.4, 0.5) is 11.6 Å². The van der Waals surface area contributed by atoms with E-state index >= 15 is 0 Å². The molecule has 2 aliphatic heterocycles. The van der Waals surface area contributed by atoms with Crippen LogP contribution in [0.5, 0.6) is 0 Å². The molecule has 8 rings (SSSR count). The van der Waals surface area contributed by atoms with Crippen molar-refractivity contribution in [2.24, 2.45) is 4.52 Å². The predicted octanol–water partition coefficient (Wildman–Crippen LogP) is 7.79. The first kappa shape index (κ1) is 49.6. The topological polar surface area (TPSA) is 244 Å². The van der Waals surface area contributed by atoms with Gasteiger partial charge in [-0.2, -0.15) is 4.52 Å². The molecule has 0 bridgehead atoms. The standard InChI is InChI=1S/C45H54N12O10P2/c1-28(2)61-22-34-33(21-37(65-34)57-27-52-39-41(48-25-50-43(39)57)54-45(59)31-16-12-9-13-17-31)67-69(55-68(6,7)60,62-19-18-46-5)63-23-35-32(64-29(3)4)20-36(66-35)56-26-51-38-40(47-24-49-42(38)56)53-44(58)30-14-10-8-11-15-30/h8-17,24-29,32-37H,18-23H2,1-4,6-7H3,(H,47,49,53,58)(H,48,50,54,59)/t32-,33-,34?,35?,36?,37?,69?/m1/s1. The van der Waals surface area contributed by atoms with Gasteiger partial charge in [-0.25, -0.2) is 36.5 Å². The number of amides is 2. The van der Waals surface area contributed by atoms with E-state index in [-0.39, 0.29) is 68.4 Å². The molecule has 24 heteroatoms. The number of hydrogen-bond acceptors (Lipinski definition) is 16. The zero-order valence-electron chi connectivity index (χ0n) is 38.9. The highest BCUT2D eigenvalue weighted by molar-refractivity contribution is 7.68. The first-order valence-corrected chi connectivity index (χ1v) is 26.4. The Hall–Kier alpha value is -5.85. The van der Waals surface area contributed by atoms with Gasteiger partial charge >= 0.3 is 7.74 Å². The van der Waals surface area contributed by atoms with E-state index in [4.69, 9.17) is 39.1 Å². The second-order valence-corrected chi connectivity index (χ2v) is 22.0. The van der Waals surface area contributed by atoms with Crippen LogP contribution in [-0.2, 0) is 37.1 Å². The Bertz CT molecular complexity index is 2890. The molecule has 0 radical (unpaired) electrons. The summed E-state index contributed by atoms with van der Waals surface area (Å²) in [5.41, 5.74) is 2.40. The van der Waals surface area contributed by atoms with Crippen LogP contribution in [0.3, 0.4) is 0 Å². The van der Waals surface area contributed by atoms with E-state index in [1.807, 2.05) is 39.8 Å². The third-order valence-corrected chi connectivity index (χ3v) is 14.8. The maximum absolute atomic E-state index is 13.8. The largest absolute Gasteiger partial charge is 0.376 e. The summed E-state index contributed by atoms with van der Waals surface area (Å²) in [7, 11) is -7.33. The molecular formula is C45H54N12O10P2. The number of rotatable bonds is 20. The van der Waals surface area contributed by atoms with Gasteiger partial charge in [-0.3, -0.25) is 36.9 Å². The molecular weight excluding hydrogens is 931 g/mol. The van der Waals surface area contributed by atoms with Crippen molar-refractivity contribution >= 4 is 60.8 Å². The van der Waals surface area contributed by atoms with Crippen LogP contribution in [0.1, 0.15) is 73.7 Å². The molecule has 2 saturated heterocycles. The van der Waals surface area contributed by atoms with Gasteiger partial charge in [0, 0.05) is 37.3 Å². The zero-order chi connectivity index (χ0) is 48.7. The Kier molecular flexibility index (Phi) is 15.7. The van der Waals surface area contributed by atoms with Crippen molar-refractivity contribution in [1.29, 1.82) is 0 Å². The third kappa shape index (κ3) is 12.1. The summed E-state index contributed by atoms with van der Waals surface area (Å²) in [5, 5.41) is 5.67. The van der Waals surface area contributed by atoms with Crippen molar-refractivity contribution in [1.82, 2.24) is 39.0 Å². The van der Waals surface area contributed by atoms with Gasteiger partial charge < -0.3 is 34.4 Å². The minimum absolute atomic E-state index is 0.0558. The smallest absolute Gasteiger partial charge is 0.362 e. The van der Waals surface area contributed by atoms with Crippen LogP contribution in [0, 0.1) is 6.57 Å². The van der Waals surface area contributed by atoms with Crippen LogP contribution in [0.2, 0.25) is 0 Å². The molecule has 5 unspecified atom stereocenters. The number of hydrogen-bond donors (Lipinski definition) is 2. The summed E-state index contributed by atoms with van der Waals surface area (Å²) in [4.78, 5) is 56.3. The lowest BCUT2D eigenvalue weighted by molar-refractivity contribution is -0.0807. The lowest BCUT2D eigenvalue weighted by Gasteiger charge is -2.30. The van der Waals surface area contributed by atoms with Gasteiger partial charge in [0.2, 0.25) is 6.54 Å². The zero-order valence-corrected chi connectivity index (χ0v) is 40.7. The number of benzene rings is 2. The van der Waals surface area contributed by atoms with E-state index in [9.17, 15) is 14.2 Å². The molecule has 2 N–H and O–H groups in total. The number of imidazole rings is 2. The van der Waals surface area contributed by atoms with Gasteiger partial charge in [-0.1, -0.05) is 36.4 Å². The average molecular weight is 985 g/mol. The molecule has 2 aliphatic rings. The lowest BCUT2D eigenvalue weighted by Crippen LogP contribution is -2.32. The number of aromatic nitrogens is 8. The normalized spacial score (nSPS) is 21.4. The molecule has 2 fully saturated rings. The Morgan fingerprint density at radius 1 is 0.754 bits per heavy atom. The van der Waals surface area contributed by atoms with E-state index in [1.54, 1.807) is 70.3 Å². The highest BCUT2D eigenvalue weighted by Gasteiger charge is 2.45. The highest BCUT2D eigenvalue weighted by Crippen LogP contribution is 2.63. The third-order valence-electron chi connectivity index (χ3n) is 10.7. The molecule has 4 aromatic heterocycles. The summed E-state index contributed by atoms with van der Waals surface area (Å²) >= 11 is 0. The van der Waals surface area contributed by atoms with Gasteiger partial charge in [0.1, 0.15) is 50.0 Å². The first-order chi connectivity index (χ1) is 33.2. The number of carbonyl (C=O) groups excluding carboxylic acids is 2. The highest BCUT2D eigenvalue weighted by atomic mass is 31.2. The van der Waals surface area contributed by atoms with Crippen LogP contribution in [-0.4, -0.2) is 127 Å². The Labute approximate surface area is 398 Å². The average Bonchev–Trinajstić information content (AvgIpc) is 4.13. The second kappa shape index (κ2) is 21.8. The van der Waals surface area contributed by atoms with Crippen LogP contribution in [0.25, 0.3) is 27.2 Å². The van der Waals surface area contributed by atoms with E-state index in [0.29, 0.717) is 39.9 Å². The Morgan fingerprint density at radius 3 is 1.77 bits per heavy atom. The number of nitrogens with zero attached hydrogens (tertiary/aromatic N) is 10. The number of anilines is 2. The van der Waals surface area contributed by atoms with E-state index in [1.165, 1.54) is 26.0 Å². The summed E-state index contributed by atoms with van der Waals surface area (Å²) in [6.07, 6.45) is 1.73. The van der Waals surface area contributed by atoms with Crippen molar-refractivity contribution in [3.8, 4) is 0 Å². The number of nitrogens with one attached hydrogen (secondary N) is 2. The molecule has 6 heterocycles. The minimum atomic E-state index is -3.99. The van der Waals surface area contributed by atoms with Crippen molar-refractivity contribution in [2.75, 3.05) is 50.3 Å².